The second-order valence-electron chi connectivity index (χ2n) is 8.83. The predicted molar refractivity (Wildman–Crippen MR) is 119 cm³/mol. The second-order valence-corrected chi connectivity index (χ2v) is 9.81. The molecule has 3 heterocycles. The van der Waals surface area contributed by atoms with Crippen molar-refractivity contribution in [2.45, 2.75) is 63.4 Å². The third-order valence-electron chi connectivity index (χ3n) is 6.69. The summed E-state index contributed by atoms with van der Waals surface area (Å²) in [5, 5.41) is 5.37. The smallest absolute Gasteiger partial charge is 0.316 e. The first-order valence-corrected chi connectivity index (χ1v) is 11.9. The van der Waals surface area contributed by atoms with Gasteiger partial charge < -0.3 is 14.5 Å². The molecule has 6 heteroatoms. The molecule has 0 aromatic carbocycles. The number of nitrogens with one attached hydrogen (secondary N) is 1. The van der Waals surface area contributed by atoms with E-state index in [2.05, 4.69) is 18.0 Å². The lowest BCUT2D eigenvalue weighted by Gasteiger charge is -2.39. The van der Waals surface area contributed by atoms with E-state index >= 15 is 0 Å². The van der Waals surface area contributed by atoms with Gasteiger partial charge in [-0.3, -0.25) is 9.59 Å². The number of ketones is 1. The molecule has 3 atom stereocenters. The molecule has 2 aliphatic carbocycles. The molecule has 0 bridgehead atoms. The van der Waals surface area contributed by atoms with E-state index < -0.39 is 11.8 Å². The van der Waals surface area contributed by atoms with Crippen LogP contribution in [0.25, 0.3) is 0 Å². The standard InChI is InChI=1S/C25H27NO4S/c1-14-9-10-20(29-14)24-22(25(28)30-17-6-3-4-7-17)15(2)26-18-12-16(13-19(27)23(18)24)21-8-5-11-31-21/h5,8-11,16-17,22,24,26H,2-4,6-7,12-13H2,1H3. The van der Waals surface area contributed by atoms with Gasteiger partial charge >= 0.3 is 5.97 Å². The fourth-order valence-electron chi connectivity index (χ4n) is 5.22. The lowest BCUT2D eigenvalue weighted by atomic mass is 9.71. The van der Waals surface area contributed by atoms with E-state index in [-0.39, 0.29) is 23.8 Å². The molecule has 1 saturated carbocycles. The SMILES string of the molecule is C=C1NC2=C(C(=O)CC(c3cccs3)C2)C(c2ccc(C)o2)C1C(=O)OC1CCCC1. The van der Waals surface area contributed by atoms with E-state index in [9.17, 15) is 9.59 Å². The highest BCUT2D eigenvalue weighted by molar-refractivity contribution is 7.10. The lowest BCUT2D eigenvalue weighted by molar-refractivity contribution is -0.153. The molecular weight excluding hydrogens is 410 g/mol. The van der Waals surface area contributed by atoms with Crippen molar-refractivity contribution in [1.82, 2.24) is 5.32 Å². The third-order valence-corrected chi connectivity index (χ3v) is 7.73. The number of Topliss-reactive ketones (excluding diaryl/α,β-unsaturated/α-hetero) is 1. The van der Waals surface area contributed by atoms with Gasteiger partial charge in [0.1, 0.15) is 23.5 Å². The first kappa shape index (κ1) is 20.3. The number of furan rings is 1. The third kappa shape index (κ3) is 3.78. The fourth-order valence-corrected chi connectivity index (χ4v) is 6.05. The van der Waals surface area contributed by atoms with Crippen LogP contribution in [0.4, 0.5) is 0 Å². The summed E-state index contributed by atoms with van der Waals surface area (Å²) in [6, 6.07) is 7.85. The highest BCUT2D eigenvalue weighted by atomic mass is 32.1. The van der Waals surface area contributed by atoms with Gasteiger partial charge in [-0.05, 0) is 62.6 Å². The Labute approximate surface area is 186 Å². The van der Waals surface area contributed by atoms with E-state index in [1.807, 2.05) is 30.5 Å². The number of thiophene rings is 1. The van der Waals surface area contributed by atoms with E-state index in [1.54, 1.807) is 11.3 Å². The topological polar surface area (TPSA) is 68.5 Å². The summed E-state index contributed by atoms with van der Waals surface area (Å²) in [6.45, 7) is 6.05. The maximum Gasteiger partial charge on any atom is 0.316 e. The molecule has 162 valence electrons. The molecule has 5 nitrogen and oxygen atoms in total. The van der Waals surface area contributed by atoms with Crippen LogP contribution < -0.4 is 5.32 Å². The molecule has 1 fully saturated rings. The first-order valence-electron chi connectivity index (χ1n) is 11.0. The van der Waals surface area contributed by atoms with Gasteiger partial charge in [0.25, 0.3) is 0 Å². The summed E-state index contributed by atoms with van der Waals surface area (Å²) < 4.78 is 11.8. The molecule has 0 saturated heterocycles. The normalized spacial score (nSPS) is 26.7. The van der Waals surface area contributed by atoms with Crippen molar-refractivity contribution in [2.75, 3.05) is 0 Å². The van der Waals surface area contributed by atoms with Crippen LogP contribution in [0, 0.1) is 12.8 Å². The van der Waals surface area contributed by atoms with Crippen molar-refractivity contribution in [2.24, 2.45) is 5.92 Å². The van der Waals surface area contributed by atoms with E-state index in [4.69, 9.17) is 9.15 Å². The van der Waals surface area contributed by atoms with Crippen molar-refractivity contribution in [1.29, 1.82) is 0 Å². The van der Waals surface area contributed by atoms with Gasteiger partial charge in [-0.2, -0.15) is 0 Å². The van der Waals surface area contributed by atoms with Crippen molar-refractivity contribution >= 4 is 23.1 Å². The number of esters is 1. The van der Waals surface area contributed by atoms with Crippen LogP contribution in [-0.4, -0.2) is 17.9 Å². The molecule has 1 aliphatic heterocycles. The number of hydrogen-bond acceptors (Lipinski definition) is 6. The Balaban J connectivity index is 1.52. The minimum absolute atomic E-state index is 0.0417. The molecule has 0 spiro atoms. The van der Waals surface area contributed by atoms with E-state index in [0.717, 1.165) is 43.6 Å². The quantitative estimate of drug-likeness (QED) is 0.653. The number of aryl methyl sites for hydroxylation is 1. The van der Waals surface area contributed by atoms with Gasteiger partial charge in [-0.25, -0.2) is 0 Å². The monoisotopic (exact) mass is 437 g/mol. The number of hydrogen-bond donors (Lipinski definition) is 1. The van der Waals surface area contributed by atoms with Gasteiger partial charge in [0.15, 0.2) is 5.78 Å². The van der Waals surface area contributed by atoms with Crippen LogP contribution in [0.3, 0.4) is 0 Å². The molecule has 1 N–H and O–H groups in total. The first-order chi connectivity index (χ1) is 15.0. The Morgan fingerprint density at radius 3 is 2.71 bits per heavy atom. The molecule has 2 aromatic rings. The zero-order valence-electron chi connectivity index (χ0n) is 17.7. The number of carbonyl (C=O) groups excluding carboxylic acids is 2. The highest BCUT2D eigenvalue weighted by Crippen LogP contribution is 2.48. The molecule has 3 aliphatic rings. The maximum atomic E-state index is 13.4. The molecule has 0 amide bonds. The predicted octanol–water partition coefficient (Wildman–Crippen LogP) is 5.35. The van der Waals surface area contributed by atoms with E-state index in [0.29, 0.717) is 23.5 Å². The molecule has 2 aromatic heterocycles. The average molecular weight is 438 g/mol. The Bertz CT molecular complexity index is 1040. The van der Waals surface area contributed by atoms with Gasteiger partial charge in [0.2, 0.25) is 0 Å². The number of carbonyl (C=O) groups is 2. The largest absolute Gasteiger partial charge is 0.466 e. The summed E-state index contributed by atoms with van der Waals surface area (Å²) >= 11 is 1.68. The van der Waals surface area contributed by atoms with Crippen molar-refractivity contribution < 1.29 is 18.7 Å². The number of allylic oxidation sites excluding steroid dienone is 2. The summed E-state index contributed by atoms with van der Waals surface area (Å²) in [5.41, 5.74) is 2.10. The summed E-state index contributed by atoms with van der Waals surface area (Å²) in [4.78, 5) is 27.9. The van der Waals surface area contributed by atoms with Crippen LogP contribution in [0.5, 0.6) is 0 Å². The summed E-state index contributed by atoms with van der Waals surface area (Å²) in [5.74, 6) is 0.108. The molecule has 0 radical (unpaired) electrons. The Morgan fingerprint density at radius 2 is 2.03 bits per heavy atom. The molecule has 5 rings (SSSR count). The van der Waals surface area contributed by atoms with Crippen LogP contribution in [0.2, 0.25) is 0 Å². The van der Waals surface area contributed by atoms with Gasteiger partial charge in [-0.1, -0.05) is 12.6 Å². The van der Waals surface area contributed by atoms with Gasteiger partial charge in [-0.15, -0.1) is 11.3 Å². The fraction of sp³-hybridized carbons (Fsp3) is 0.440. The maximum absolute atomic E-state index is 13.4. The van der Waals surface area contributed by atoms with Crippen molar-refractivity contribution in [3.63, 3.8) is 0 Å². The van der Waals surface area contributed by atoms with Crippen LogP contribution >= 0.6 is 11.3 Å². The number of ether oxygens (including phenoxy) is 1. The zero-order valence-corrected chi connectivity index (χ0v) is 18.5. The second kappa shape index (κ2) is 8.15. The Hall–Kier alpha value is -2.60. The summed E-state index contributed by atoms with van der Waals surface area (Å²) in [7, 11) is 0. The van der Waals surface area contributed by atoms with Crippen LogP contribution in [-0.2, 0) is 14.3 Å². The van der Waals surface area contributed by atoms with Gasteiger partial charge in [0, 0.05) is 34.2 Å². The minimum Gasteiger partial charge on any atom is -0.466 e. The summed E-state index contributed by atoms with van der Waals surface area (Å²) in [6.07, 6.45) is 5.09. The van der Waals surface area contributed by atoms with E-state index in [1.165, 1.54) is 4.88 Å². The molecular formula is C25H27NO4S. The minimum atomic E-state index is -0.674. The Morgan fingerprint density at radius 1 is 1.23 bits per heavy atom. The lowest BCUT2D eigenvalue weighted by Crippen LogP contribution is -2.42. The molecule has 3 unspecified atom stereocenters. The Kier molecular flexibility index (Phi) is 5.34. The number of rotatable bonds is 4. The highest BCUT2D eigenvalue weighted by Gasteiger charge is 2.47. The van der Waals surface area contributed by atoms with Crippen LogP contribution in [0.1, 0.15) is 66.8 Å². The van der Waals surface area contributed by atoms with Crippen molar-refractivity contribution in [3.8, 4) is 0 Å². The molecule has 31 heavy (non-hydrogen) atoms. The van der Waals surface area contributed by atoms with Gasteiger partial charge in [0.05, 0.1) is 5.92 Å². The average Bonchev–Trinajstić information content (AvgIpc) is 3.49. The zero-order chi connectivity index (χ0) is 21.5. The van der Waals surface area contributed by atoms with Crippen molar-refractivity contribution in [3.05, 3.63) is 69.6 Å². The van der Waals surface area contributed by atoms with Crippen LogP contribution in [0.15, 0.2) is 57.6 Å².